The average molecular weight is 563 g/mol. The molecule has 0 aliphatic carbocycles. The normalized spacial score (nSPS) is 19.4. The molecule has 1 fully saturated rings. The van der Waals surface area contributed by atoms with Crippen molar-refractivity contribution in [2.24, 2.45) is 5.16 Å². The van der Waals surface area contributed by atoms with Crippen LogP contribution >= 0.6 is 0 Å². The monoisotopic (exact) mass is 562 g/mol. The third-order valence-electron chi connectivity index (χ3n) is 7.90. The number of hydrogen-bond acceptors (Lipinski definition) is 6. The van der Waals surface area contributed by atoms with E-state index in [0.29, 0.717) is 29.1 Å². The van der Waals surface area contributed by atoms with Crippen LogP contribution in [-0.2, 0) is 11.0 Å². The van der Waals surface area contributed by atoms with Crippen molar-refractivity contribution in [1.82, 2.24) is 14.7 Å². The van der Waals surface area contributed by atoms with Gasteiger partial charge in [0.2, 0.25) is 6.23 Å². The first kappa shape index (κ1) is 27.0. The van der Waals surface area contributed by atoms with Crippen molar-refractivity contribution in [3.05, 3.63) is 95.1 Å². The second-order valence-corrected chi connectivity index (χ2v) is 10.5. The average Bonchev–Trinajstić information content (AvgIpc) is 3.50. The Balaban J connectivity index is 1.21. The highest BCUT2D eigenvalue weighted by atomic mass is 19.4. The lowest BCUT2D eigenvalue weighted by molar-refractivity contribution is -0.137. The van der Waals surface area contributed by atoms with E-state index in [1.807, 2.05) is 29.2 Å². The van der Waals surface area contributed by atoms with Crippen LogP contribution in [0.5, 0.6) is 0 Å². The summed E-state index contributed by atoms with van der Waals surface area (Å²) in [5.74, 6) is -0.212. The Hall–Kier alpha value is -4.18. The fourth-order valence-electron chi connectivity index (χ4n) is 5.61. The van der Waals surface area contributed by atoms with Crippen LogP contribution in [0.1, 0.15) is 57.3 Å². The molecule has 6 rings (SSSR count). The molecule has 3 aliphatic rings. The Labute approximate surface area is 235 Å². The molecule has 0 bridgehead atoms. The Morgan fingerprint density at radius 2 is 1.37 bits per heavy atom. The molecule has 7 nitrogen and oxygen atoms in total. The molecular formula is C31H29F3N4O3. The molecule has 1 atom stereocenters. The lowest BCUT2D eigenvalue weighted by atomic mass is 10.0. The van der Waals surface area contributed by atoms with Gasteiger partial charge in [-0.25, -0.2) is 0 Å². The van der Waals surface area contributed by atoms with Gasteiger partial charge < -0.3 is 14.6 Å². The van der Waals surface area contributed by atoms with Crippen LogP contribution in [0.25, 0.3) is 11.1 Å². The second kappa shape index (κ2) is 11.0. The number of rotatable bonds is 7. The molecule has 2 amide bonds. The minimum absolute atomic E-state index is 0.00746. The molecule has 41 heavy (non-hydrogen) atoms. The highest BCUT2D eigenvalue weighted by molar-refractivity contribution is 6.22. The van der Waals surface area contributed by atoms with E-state index in [-0.39, 0.29) is 18.4 Å². The zero-order valence-corrected chi connectivity index (χ0v) is 22.3. The standard InChI is InChI=1S/C31H29F3N4O3/c32-31(33,34)24-14-12-22(13-15-24)21-8-10-23(11-9-21)30-37(19-18-36-16-4-1-5-17-36)27(35-41-30)20-38-28(39)25-6-2-3-7-26(25)29(38)40/h2-3,6-15,30H,1,4-5,16-20H2. The van der Waals surface area contributed by atoms with Crippen molar-refractivity contribution >= 4 is 17.6 Å². The van der Waals surface area contributed by atoms with E-state index >= 15 is 0 Å². The number of amidine groups is 1. The summed E-state index contributed by atoms with van der Waals surface area (Å²) in [7, 11) is 0. The maximum absolute atomic E-state index is 13.0. The summed E-state index contributed by atoms with van der Waals surface area (Å²) in [6.45, 7) is 3.41. The molecule has 0 N–H and O–H groups in total. The highest BCUT2D eigenvalue weighted by Gasteiger charge is 2.40. The highest BCUT2D eigenvalue weighted by Crippen LogP contribution is 2.33. The second-order valence-electron chi connectivity index (χ2n) is 10.5. The molecule has 1 saturated heterocycles. The van der Waals surface area contributed by atoms with Crippen LogP contribution in [0.3, 0.4) is 0 Å². The molecule has 0 aromatic heterocycles. The molecule has 3 aliphatic heterocycles. The maximum Gasteiger partial charge on any atom is 0.416 e. The predicted molar refractivity (Wildman–Crippen MR) is 147 cm³/mol. The number of likely N-dealkylation sites (tertiary alicyclic amines) is 1. The third kappa shape index (κ3) is 5.44. The minimum atomic E-state index is -4.38. The van der Waals surface area contributed by atoms with Gasteiger partial charge in [0.05, 0.1) is 23.2 Å². The molecule has 0 saturated carbocycles. The molecule has 1 unspecified atom stereocenters. The SMILES string of the molecule is O=C1c2ccccc2C(=O)N1CC1=NOC(c2ccc(-c3ccc(C(F)(F)F)cc3)cc2)N1CCN1CCCCC1. The van der Waals surface area contributed by atoms with E-state index in [1.165, 1.54) is 23.5 Å². The molecule has 0 radical (unpaired) electrons. The van der Waals surface area contributed by atoms with E-state index in [2.05, 4.69) is 10.1 Å². The van der Waals surface area contributed by atoms with Gasteiger partial charge in [-0.1, -0.05) is 60.1 Å². The number of carbonyl (C=O) groups excluding carboxylic acids is 2. The number of halogens is 3. The zero-order valence-electron chi connectivity index (χ0n) is 22.3. The molecular weight excluding hydrogens is 533 g/mol. The summed E-state index contributed by atoms with van der Waals surface area (Å²) < 4.78 is 38.9. The molecule has 3 heterocycles. The number of imide groups is 1. The van der Waals surface area contributed by atoms with Gasteiger partial charge in [-0.05, 0) is 61.3 Å². The van der Waals surface area contributed by atoms with Gasteiger partial charge in [-0.3, -0.25) is 14.5 Å². The number of amides is 2. The molecule has 10 heteroatoms. The quantitative estimate of drug-likeness (QED) is 0.341. The van der Waals surface area contributed by atoms with E-state index in [4.69, 9.17) is 4.84 Å². The van der Waals surface area contributed by atoms with Crippen molar-refractivity contribution < 1.29 is 27.6 Å². The van der Waals surface area contributed by atoms with Gasteiger partial charge in [-0.2, -0.15) is 13.2 Å². The number of alkyl halides is 3. The van der Waals surface area contributed by atoms with Crippen molar-refractivity contribution in [2.75, 3.05) is 32.7 Å². The first-order valence-corrected chi connectivity index (χ1v) is 13.7. The number of piperidine rings is 1. The number of fused-ring (bicyclic) bond motifs is 1. The van der Waals surface area contributed by atoms with Crippen LogP contribution in [-0.4, -0.2) is 65.1 Å². The van der Waals surface area contributed by atoms with E-state index < -0.39 is 18.0 Å². The van der Waals surface area contributed by atoms with E-state index in [0.717, 1.165) is 55.7 Å². The van der Waals surface area contributed by atoms with Crippen molar-refractivity contribution in [2.45, 2.75) is 31.7 Å². The first-order chi connectivity index (χ1) is 19.8. The lowest BCUT2D eigenvalue weighted by Crippen LogP contribution is -2.45. The fraction of sp³-hybridized carbons (Fsp3) is 0.323. The third-order valence-corrected chi connectivity index (χ3v) is 7.90. The van der Waals surface area contributed by atoms with Gasteiger partial charge in [0.25, 0.3) is 11.8 Å². The number of carbonyl (C=O) groups is 2. The number of hydrogen-bond donors (Lipinski definition) is 0. The Kier molecular flexibility index (Phi) is 7.25. The number of oxime groups is 1. The smallest absolute Gasteiger partial charge is 0.364 e. The first-order valence-electron chi connectivity index (χ1n) is 13.7. The summed E-state index contributed by atoms with van der Waals surface area (Å²) in [6, 6.07) is 19.2. The summed E-state index contributed by atoms with van der Waals surface area (Å²) >= 11 is 0. The maximum atomic E-state index is 13.0. The summed E-state index contributed by atoms with van der Waals surface area (Å²) in [5.41, 5.74) is 2.32. The van der Waals surface area contributed by atoms with Crippen LogP contribution in [0.15, 0.2) is 78.0 Å². The van der Waals surface area contributed by atoms with E-state index in [1.54, 1.807) is 24.3 Å². The van der Waals surface area contributed by atoms with Crippen LogP contribution < -0.4 is 0 Å². The Morgan fingerprint density at radius 3 is 1.95 bits per heavy atom. The van der Waals surface area contributed by atoms with Crippen molar-refractivity contribution in [1.29, 1.82) is 0 Å². The number of benzene rings is 3. The Morgan fingerprint density at radius 1 is 0.780 bits per heavy atom. The number of nitrogens with zero attached hydrogens (tertiary/aromatic N) is 4. The summed E-state index contributed by atoms with van der Waals surface area (Å²) in [4.78, 5) is 37.5. The van der Waals surface area contributed by atoms with Gasteiger partial charge in [-0.15, -0.1) is 0 Å². The molecule has 3 aromatic rings. The summed E-state index contributed by atoms with van der Waals surface area (Å²) in [5, 5.41) is 4.32. The van der Waals surface area contributed by atoms with Crippen LogP contribution in [0.2, 0.25) is 0 Å². The topological polar surface area (TPSA) is 65.5 Å². The summed E-state index contributed by atoms with van der Waals surface area (Å²) in [6.07, 6.45) is -1.41. The van der Waals surface area contributed by atoms with Crippen molar-refractivity contribution in [3.63, 3.8) is 0 Å². The van der Waals surface area contributed by atoms with Crippen LogP contribution in [0.4, 0.5) is 13.2 Å². The van der Waals surface area contributed by atoms with Gasteiger partial charge >= 0.3 is 6.18 Å². The van der Waals surface area contributed by atoms with Gasteiger partial charge in [0.15, 0.2) is 5.84 Å². The predicted octanol–water partition coefficient (Wildman–Crippen LogP) is 5.80. The van der Waals surface area contributed by atoms with Crippen molar-refractivity contribution in [3.8, 4) is 11.1 Å². The lowest BCUT2D eigenvalue weighted by Gasteiger charge is -2.31. The minimum Gasteiger partial charge on any atom is -0.364 e. The van der Waals surface area contributed by atoms with E-state index in [9.17, 15) is 22.8 Å². The zero-order chi connectivity index (χ0) is 28.6. The van der Waals surface area contributed by atoms with Crippen LogP contribution in [0, 0.1) is 0 Å². The van der Waals surface area contributed by atoms with Gasteiger partial charge in [0.1, 0.15) is 0 Å². The fourth-order valence-corrected chi connectivity index (χ4v) is 5.61. The molecule has 3 aromatic carbocycles. The molecule has 212 valence electrons. The molecule has 0 spiro atoms. The Bertz CT molecular complexity index is 1430. The largest absolute Gasteiger partial charge is 0.416 e. The van der Waals surface area contributed by atoms with Gasteiger partial charge in [0, 0.05) is 18.7 Å².